The van der Waals surface area contributed by atoms with E-state index < -0.39 is 0 Å². The lowest BCUT2D eigenvalue weighted by Gasteiger charge is -2.12. The number of halogens is 1. The van der Waals surface area contributed by atoms with Crippen LogP contribution >= 0.6 is 24.0 Å². The molecule has 7 heteroatoms. The SMILES string of the molecule is CCNC(=NCc1ccc(C)cc1OC)NCCCC(=O)NC1CC1.I. The summed E-state index contributed by atoms with van der Waals surface area (Å²) >= 11 is 0. The Hall–Kier alpha value is -1.51. The highest BCUT2D eigenvalue weighted by Crippen LogP contribution is 2.20. The highest BCUT2D eigenvalue weighted by atomic mass is 127. The molecule has 2 rings (SSSR count). The average molecular weight is 474 g/mol. The van der Waals surface area contributed by atoms with Crippen LogP contribution < -0.4 is 20.7 Å². The molecule has 26 heavy (non-hydrogen) atoms. The van der Waals surface area contributed by atoms with Gasteiger partial charge < -0.3 is 20.7 Å². The first kappa shape index (κ1) is 22.5. The Bertz CT molecular complexity index is 603. The van der Waals surface area contributed by atoms with Crippen LogP contribution in [-0.4, -0.2) is 38.1 Å². The second-order valence-electron chi connectivity index (χ2n) is 6.38. The molecule has 0 spiro atoms. The van der Waals surface area contributed by atoms with Gasteiger partial charge in [0.25, 0.3) is 0 Å². The van der Waals surface area contributed by atoms with Gasteiger partial charge in [0.2, 0.25) is 5.91 Å². The van der Waals surface area contributed by atoms with Gasteiger partial charge in [0, 0.05) is 31.1 Å². The van der Waals surface area contributed by atoms with Gasteiger partial charge in [-0.1, -0.05) is 12.1 Å². The highest BCUT2D eigenvalue weighted by molar-refractivity contribution is 14.0. The van der Waals surface area contributed by atoms with Crippen LogP contribution in [0.5, 0.6) is 5.75 Å². The summed E-state index contributed by atoms with van der Waals surface area (Å²) in [5.74, 6) is 1.76. The topological polar surface area (TPSA) is 74.8 Å². The predicted molar refractivity (Wildman–Crippen MR) is 116 cm³/mol. The Morgan fingerprint density at radius 3 is 2.73 bits per heavy atom. The minimum atomic E-state index is 0. The molecule has 0 atom stereocenters. The first-order chi connectivity index (χ1) is 12.1. The average Bonchev–Trinajstić information content (AvgIpc) is 3.41. The number of hydrogen-bond donors (Lipinski definition) is 3. The van der Waals surface area contributed by atoms with E-state index in [1.54, 1.807) is 7.11 Å². The second-order valence-corrected chi connectivity index (χ2v) is 6.38. The fourth-order valence-electron chi connectivity index (χ4n) is 2.47. The summed E-state index contributed by atoms with van der Waals surface area (Å²) in [7, 11) is 1.68. The first-order valence-corrected chi connectivity index (χ1v) is 9.07. The summed E-state index contributed by atoms with van der Waals surface area (Å²) in [6, 6.07) is 6.56. The van der Waals surface area contributed by atoms with Crippen molar-refractivity contribution >= 4 is 35.8 Å². The van der Waals surface area contributed by atoms with Crippen LogP contribution in [0.4, 0.5) is 0 Å². The normalized spacial score (nSPS) is 13.6. The first-order valence-electron chi connectivity index (χ1n) is 9.07. The third kappa shape index (κ3) is 8.25. The number of benzene rings is 1. The molecule has 3 N–H and O–H groups in total. The van der Waals surface area contributed by atoms with Crippen molar-refractivity contribution in [3.63, 3.8) is 0 Å². The van der Waals surface area contributed by atoms with Gasteiger partial charge in [-0.25, -0.2) is 4.99 Å². The number of carbonyl (C=O) groups excluding carboxylic acids is 1. The molecule has 0 unspecified atom stereocenters. The third-order valence-electron chi connectivity index (χ3n) is 4.01. The van der Waals surface area contributed by atoms with E-state index in [0.29, 0.717) is 19.0 Å². The molecule has 1 aliphatic carbocycles. The molecule has 0 bridgehead atoms. The van der Waals surface area contributed by atoms with Crippen molar-refractivity contribution < 1.29 is 9.53 Å². The van der Waals surface area contributed by atoms with Crippen molar-refractivity contribution in [3.05, 3.63) is 29.3 Å². The van der Waals surface area contributed by atoms with Crippen molar-refractivity contribution in [1.29, 1.82) is 0 Å². The Labute approximate surface area is 173 Å². The molecule has 0 aliphatic heterocycles. The monoisotopic (exact) mass is 474 g/mol. The van der Waals surface area contributed by atoms with E-state index in [-0.39, 0.29) is 29.9 Å². The van der Waals surface area contributed by atoms with Gasteiger partial charge >= 0.3 is 0 Å². The molecule has 1 aromatic carbocycles. The molecule has 1 aliphatic rings. The number of nitrogens with zero attached hydrogens (tertiary/aromatic N) is 1. The van der Waals surface area contributed by atoms with Gasteiger partial charge in [-0.3, -0.25) is 4.79 Å². The van der Waals surface area contributed by atoms with Crippen LogP contribution in [0.25, 0.3) is 0 Å². The molecule has 1 fully saturated rings. The number of nitrogens with one attached hydrogen (secondary N) is 3. The van der Waals surface area contributed by atoms with Gasteiger partial charge in [-0.15, -0.1) is 24.0 Å². The molecule has 0 heterocycles. The Kier molecular flexibility index (Phi) is 10.4. The maximum absolute atomic E-state index is 11.7. The van der Waals surface area contributed by atoms with Crippen molar-refractivity contribution in [3.8, 4) is 5.75 Å². The highest BCUT2D eigenvalue weighted by Gasteiger charge is 2.22. The zero-order chi connectivity index (χ0) is 18.1. The third-order valence-corrected chi connectivity index (χ3v) is 4.01. The molecular formula is C19H31IN4O2. The quantitative estimate of drug-likeness (QED) is 0.223. The Balaban J connectivity index is 0.00000338. The van der Waals surface area contributed by atoms with Crippen LogP contribution in [0.3, 0.4) is 0 Å². The summed E-state index contributed by atoms with van der Waals surface area (Å²) in [4.78, 5) is 16.3. The lowest BCUT2D eigenvalue weighted by atomic mass is 10.1. The van der Waals surface area contributed by atoms with Crippen molar-refractivity contribution in [2.75, 3.05) is 20.2 Å². The van der Waals surface area contributed by atoms with Crippen LogP contribution in [-0.2, 0) is 11.3 Å². The summed E-state index contributed by atoms with van der Waals surface area (Å²) in [5, 5.41) is 9.52. The van der Waals surface area contributed by atoms with Crippen LogP contribution in [0.1, 0.15) is 43.7 Å². The number of guanidine groups is 1. The van der Waals surface area contributed by atoms with Gasteiger partial charge in [0.1, 0.15) is 5.75 Å². The molecule has 0 saturated heterocycles. The number of carbonyl (C=O) groups is 1. The fourth-order valence-corrected chi connectivity index (χ4v) is 2.47. The molecule has 6 nitrogen and oxygen atoms in total. The lowest BCUT2D eigenvalue weighted by molar-refractivity contribution is -0.121. The van der Waals surface area contributed by atoms with E-state index in [1.165, 1.54) is 5.56 Å². The minimum absolute atomic E-state index is 0. The van der Waals surface area contributed by atoms with Gasteiger partial charge in [-0.05, 0) is 44.7 Å². The van der Waals surface area contributed by atoms with Gasteiger partial charge in [-0.2, -0.15) is 0 Å². The number of hydrogen-bond acceptors (Lipinski definition) is 3. The fraction of sp³-hybridized carbons (Fsp3) is 0.579. The zero-order valence-electron chi connectivity index (χ0n) is 15.9. The smallest absolute Gasteiger partial charge is 0.220 e. The van der Waals surface area contributed by atoms with Crippen LogP contribution in [0, 0.1) is 6.92 Å². The minimum Gasteiger partial charge on any atom is -0.496 e. The molecule has 146 valence electrons. The van der Waals surface area contributed by atoms with Crippen LogP contribution in [0.2, 0.25) is 0 Å². The molecule has 0 radical (unpaired) electrons. The van der Waals surface area contributed by atoms with Crippen molar-refractivity contribution in [2.45, 2.75) is 52.1 Å². The number of methoxy groups -OCH3 is 1. The number of ether oxygens (including phenoxy) is 1. The molecular weight excluding hydrogens is 443 g/mol. The zero-order valence-corrected chi connectivity index (χ0v) is 18.3. The standard InChI is InChI=1S/C19H30N4O2.HI/c1-4-20-19(21-11-5-6-18(24)23-16-9-10-16)22-13-15-8-7-14(2)12-17(15)25-3;/h7-8,12,16H,4-6,9-11,13H2,1-3H3,(H,23,24)(H2,20,21,22);1H. The van der Waals surface area contributed by atoms with E-state index in [4.69, 9.17) is 4.74 Å². The lowest BCUT2D eigenvalue weighted by Crippen LogP contribution is -2.38. The van der Waals surface area contributed by atoms with Crippen LogP contribution in [0.15, 0.2) is 23.2 Å². The summed E-state index contributed by atoms with van der Waals surface area (Å²) in [6.07, 6.45) is 3.60. The molecule has 1 saturated carbocycles. The van der Waals surface area contributed by atoms with E-state index in [1.807, 2.05) is 26.0 Å². The van der Waals surface area contributed by atoms with Crippen molar-refractivity contribution in [1.82, 2.24) is 16.0 Å². The van der Waals surface area contributed by atoms with Crippen molar-refractivity contribution in [2.24, 2.45) is 4.99 Å². The predicted octanol–water partition coefficient (Wildman–Crippen LogP) is 2.74. The maximum atomic E-state index is 11.7. The van der Waals surface area contributed by atoms with E-state index in [9.17, 15) is 4.79 Å². The summed E-state index contributed by atoms with van der Waals surface area (Å²) in [6.45, 7) is 6.13. The summed E-state index contributed by atoms with van der Waals surface area (Å²) in [5.41, 5.74) is 2.22. The largest absolute Gasteiger partial charge is 0.496 e. The molecule has 0 aromatic heterocycles. The number of aliphatic imine (C=N–C) groups is 1. The van der Waals surface area contributed by atoms with E-state index in [2.05, 4.69) is 27.0 Å². The number of rotatable bonds is 9. The van der Waals surface area contributed by atoms with Gasteiger partial charge in [0.15, 0.2) is 5.96 Å². The Morgan fingerprint density at radius 2 is 2.08 bits per heavy atom. The number of aryl methyl sites for hydroxylation is 1. The molecule has 1 amide bonds. The second kappa shape index (κ2) is 12.0. The number of amides is 1. The van der Waals surface area contributed by atoms with E-state index >= 15 is 0 Å². The molecule has 1 aromatic rings. The van der Waals surface area contributed by atoms with E-state index in [0.717, 1.165) is 49.6 Å². The Morgan fingerprint density at radius 1 is 1.31 bits per heavy atom. The maximum Gasteiger partial charge on any atom is 0.220 e. The van der Waals surface area contributed by atoms with Gasteiger partial charge in [0.05, 0.1) is 13.7 Å². The summed E-state index contributed by atoms with van der Waals surface area (Å²) < 4.78 is 5.43.